The molecule has 0 saturated heterocycles. The van der Waals surface area contributed by atoms with Crippen molar-refractivity contribution >= 4 is 23.1 Å². The molecule has 0 aromatic heterocycles. The Morgan fingerprint density at radius 2 is 1.84 bits per heavy atom. The summed E-state index contributed by atoms with van der Waals surface area (Å²) in [4.78, 5) is 50.1. The van der Waals surface area contributed by atoms with Crippen LogP contribution in [0.3, 0.4) is 0 Å². The van der Waals surface area contributed by atoms with Crippen molar-refractivity contribution < 1.29 is 19.2 Å². The summed E-state index contributed by atoms with van der Waals surface area (Å²) in [6, 6.07) is 0. The molecular weight excluding hydrogens is 316 g/mol. The van der Waals surface area contributed by atoms with E-state index in [1.165, 1.54) is 12.5 Å². The van der Waals surface area contributed by atoms with Crippen molar-refractivity contribution in [3.63, 3.8) is 0 Å². The maximum atomic E-state index is 13.2. The van der Waals surface area contributed by atoms with Gasteiger partial charge in [-0.1, -0.05) is 19.4 Å². The summed E-state index contributed by atoms with van der Waals surface area (Å²) >= 11 is 0. The van der Waals surface area contributed by atoms with Crippen molar-refractivity contribution in [1.29, 1.82) is 0 Å². The van der Waals surface area contributed by atoms with E-state index in [-0.39, 0.29) is 52.7 Å². The number of allylic oxidation sites excluding steroid dienone is 1. The van der Waals surface area contributed by atoms with Gasteiger partial charge in [0.25, 0.3) is 0 Å². The van der Waals surface area contributed by atoms with Crippen molar-refractivity contribution in [2.45, 2.75) is 59.3 Å². The van der Waals surface area contributed by atoms with E-state index in [9.17, 15) is 19.2 Å². The fourth-order valence-corrected chi connectivity index (χ4v) is 6.66. The van der Waals surface area contributed by atoms with Gasteiger partial charge in [-0.2, -0.15) is 0 Å². The van der Waals surface area contributed by atoms with E-state index in [2.05, 4.69) is 6.92 Å². The van der Waals surface area contributed by atoms with Crippen molar-refractivity contribution in [2.75, 3.05) is 0 Å². The van der Waals surface area contributed by atoms with Crippen LogP contribution in [0.25, 0.3) is 0 Å². The number of ketones is 4. The normalized spacial score (nSPS) is 46.2. The van der Waals surface area contributed by atoms with E-state index in [1.54, 1.807) is 6.08 Å². The maximum absolute atomic E-state index is 13.2. The Morgan fingerprint density at radius 1 is 1.12 bits per heavy atom. The van der Waals surface area contributed by atoms with Gasteiger partial charge in [0.15, 0.2) is 5.78 Å². The van der Waals surface area contributed by atoms with Crippen LogP contribution in [0.5, 0.6) is 0 Å². The smallest absolute Gasteiger partial charge is 0.155 e. The standard InChI is InChI=1S/C21H26O4/c1-11(22)15-9-17(24)19-14-5-4-12-8-13(23)6-7-20(12,2)16(14)10-18(25)21(15,19)3/h8,14-16,19H,4-7,9-10H2,1-3H3. The molecule has 0 spiro atoms. The molecule has 3 saturated carbocycles. The van der Waals surface area contributed by atoms with E-state index < -0.39 is 11.3 Å². The highest BCUT2D eigenvalue weighted by Crippen LogP contribution is 2.64. The van der Waals surface area contributed by atoms with Crippen LogP contribution >= 0.6 is 0 Å². The van der Waals surface area contributed by atoms with Gasteiger partial charge in [-0.05, 0) is 49.5 Å². The van der Waals surface area contributed by atoms with Crippen LogP contribution in [0.1, 0.15) is 59.3 Å². The SMILES string of the molecule is CC(=O)C1CC(=O)C2C3CCC4=CC(=O)CCC4(C)C3CC(=O)C12C. The third-order valence-corrected chi connectivity index (χ3v) is 8.09. The van der Waals surface area contributed by atoms with Gasteiger partial charge in [-0.15, -0.1) is 0 Å². The third kappa shape index (κ3) is 2.06. The van der Waals surface area contributed by atoms with Crippen molar-refractivity contribution in [1.82, 2.24) is 0 Å². The van der Waals surface area contributed by atoms with Crippen LogP contribution in [-0.4, -0.2) is 23.1 Å². The molecule has 4 aliphatic carbocycles. The van der Waals surface area contributed by atoms with Gasteiger partial charge in [0.05, 0.1) is 0 Å². The summed E-state index contributed by atoms with van der Waals surface area (Å²) in [7, 11) is 0. The molecule has 6 unspecified atom stereocenters. The summed E-state index contributed by atoms with van der Waals surface area (Å²) in [6.07, 6.45) is 5.46. The molecular formula is C21H26O4. The Hall–Kier alpha value is -1.58. The molecule has 0 bridgehead atoms. The van der Waals surface area contributed by atoms with E-state index in [0.29, 0.717) is 12.8 Å². The quantitative estimate of drug-likeness (QED) is 0.734. The molecule has 0 aliphatic heterocycles. The van der Waals surface area contributed by atoms with Gasteiger partial charge < -0.3 is 0 Å². The van der Waals surface area contributed by atoms with Gasteiger partial charge in [0, 0.05) is 36.5 Å². The molecule has 4 heteroatoms. The zero-order chi connectivity index (χ0) is 18.1. The second-order valence-corrected chi connectivity index (χ2v) is 9.08. The molecule has 0 aromatic rings. The van der Waals surface area contributed by atoms with E-state index in [1.807, 2.05) is 6.92 Å². The maximum Gasteiger partial charge on any atom is 0.155 e. The van der Waals surface area contributed by atoms with Crippen molar-refractivity contribution in [3.8, 4) is 0 Å². The Kier molecular flexibility index (Phi) is 3.52. The number of rotatable bonds is 1. The number of Topliss-reactive ketones (excluding diaryl/α,β-unsaturated/α-hetero) is 3. The van der Waals surface area contributed by atoms with Gasteiger partial charge in [0.1, 0.15) is 17.3 Å². The zero-order valence-electron chi connectivity index (χ0n) is 15.3. The summed E-state index contributed by atoms with van der Waals surface area (Å²) in [6.45, 7) is 5.56. The molecule has 3 fully saturated rings. The second kappa shape index (κ2) is 5.21. The lowest BCUT2D eigenvalue weighted by Crippen LogP contribution is -2.56. The van der Waals surface area contributed by atoms with Gasteiger partial charge >= 0.3 is 0 Å². The van der Waals surface area contributed by atoms with Gasteiger partial charge in [-0.3, -0.25) is 19.2 Å². The van der Waals surface area contributed by atoms with E-state index in [0.717, 1.165) is 19.3 Å². The fourth-order valence-electron chi connectivity index (χ4n) is 6.66. The lowest BCUT2D eigenvalue weighted by atomic mass is 9.46. The molecule has 0 aromatic carbocycles. The first kappa shape index (κ1) is 16.9. The Morgan fingerprint density at radius 3 is 2.52 bits per heavy atom. The minimum atomic E-state index is -0.813. The Bertz CT molecular complexity index is 732. The molecule has 134 valence electrons. The number of carbonyl (C=O) groups is 4. The molecule has 25 heavy (non-hydrogen) atoms. The van der Waals surface area contributed by atoms with Gasteiger partial charge in [-0.25, -0.2) is 0 Å². The van der Waals surface area contributed by atoms with E-state index in [4.69, 9.17) is 0 Å². The predicted molar refractivity (Wildman–Crippen MR) is 91.7 cm³/mol. The van der Waals surface area contributed by atoms with Crippen LogP contribution in [0.2, 0.25) is 0 Å². The highest BCUT2D eigenvalue weighted by Gasteiger charge is 2.66. The van der Waals surface area contributed by atoms with Gasteiger partial charge in [0.2, 0.25) is 0 Å². The van der Waals surface area contributed by atoms with Crippen LogP contribution in [0.4, 0.5) is 0 Å². The van der Waals surface area contributed by atoms with Crippen molar-refractivity contribution in [3.05, 3.63) is 11.6 Å². The highest BCUT2D eigenvalue weighted by atomic mass is 16.2. The fraction of sp³-hybridized carbons (Fsp3) is 0.714. The molecule has 6 atom stereocenters. The van der Waals surface area contributed by atoms with Crippen LogP contribution < -0.4 is 0 Å². The first-order chi connectivity index (χ1) is 11.7. The second-order valence-electron chi connectivity index (χ2n) is 9.08. The minimum Gasteiger partial charge on any atom is -0.300 e. The van der Waals surface area contributed by atoms with Crippen molar-refractivity contribution in [2.24, 2.45) is 34.5 Å². The number of carbonyl (C=O) groups excluding carboxylic acids is 4. The van der Waals surface area contributed by atoms with Crippen LogP contribution in [0, 0.1) is 34.5 Å². The summed E-state index contributed by atoms with van der Waals surface area (Å²) in [5.74, 6) is -0.129. The summed E-state index contributed by atoms with van der Waals surface area (Å²) in [5, 5.41) is 0. The largest absolute Gasteiger partial charge is 0.300 e. The minimum absolute atomic E-state index is 0.0315. The number of hydrogen-bond acceptors (Lipinski definition) is 4. The molecule has 4 aliphatic rings. The first-order valence-corrected chi connectivity index (χ1v) is 9.50. The Balaban J connectivity index is 1.78. The van der Waals surface area contributed by atoms with Crippen LogP contribution in [-0.2, 0) is 19.2 Å². The first-order valence-electron chi connectivity index (χ1n) is 9.50. The topological polar surface area (TPSA) is 68.3 Å². The van der Waals surface area contributed by atoms with E-state index >= 15 is 0 Å². The lowest BCUT2D eigenvalue weighted by Gasteiger charge is -2.56. The summed E-state index contributed by atoms with van der Waals surface area (Å²) in [5.41, 5.74) is 0.212. The number of hydrogen-bond donors (Lipinski definition) is 0. The lowest BCUT2D eigenvalue weighted by molar-refractivity contribution is -0.154. The monoisotopic (exact) mass is 342 g/mol. The molecule has 0 heterocycles. The molecule has 0 radical (unpaired) electrons. The molecule has 4 rings (SSSR count). The molecule has 0 N–H and O–H groups in total. The average Bonchev–Trinajstić information content (AvgIpc) is 2.82. The molecule has 4 nitrogen and oxygen atoms in total. The zero-order valence-corrected chi connectivity index (χ0v) is 15.3. The Labute approximate surface area is 148 Å². The molecule has 0 amide bonds. The number of fused-ring (bicyclic) bond motifs is 5. The third-order valence-electron chi connectivity index (χ3n) is 8.09. The van der Waals surface area contributed by atoms with Crippen LogP contribution in [0.15, 0.2) is 11.6 Å². The summed E-state index contributed by atoms with van der Waals surface area (Å²) < 4.78 is 0. The predicted octanol–water partition coefficient (Wildman–Crippen LogP) is 3.08. The highest BCUT2D eigenvalue weighted by molar-refractivity contribution is 6.03. The average molecular weight is 342 g/mol.